The van der Waals surface area contributed by atoms with E-state index in [1.807, 2.05) is 32.9 Å². The first-order chi connectivity index (χ1) is 28.5. The van der Waals surface area contributed by atoms with Gasteiger partial charge in [-0.3, -0.25) is 14.5 Å². The normalized spacial score (nSPS) is 20.0. The molecule has 3 aromatic rings. The summed E-state index contributed by atoms with van der Waals surface area (Å²) in [6.45, 7) is 11.3. The maximum absolute atomic E-state index is 13.6. The number of aromatic nitrogens is 2. The van der Waals surface area contributed by atoms with Crippen LogP contribution in [-0.4, -0.2) is 108 Å². The number of carbonyl (C=O) groups excluding carboxylic acids is 2. The number of ether oxygens (including phenoxy) is 3. The van der Waals surface area contributed by atoms with Crippen molar-refractivity contribution in [1.29, 1.82) is 10.5 Å². The lowest BCUT2D eigenvalue weighted by molar-refractivity contribution is -0.156. The molecular formula is C45H55ClN8O5. The zero-order valence-electron chi connectivity index (χ0n) is 34.5. The SMILES string of the molecule is CC(C)(C)OC(=O)CCOCCCN1CCC[C@H]1COc1nc2c(c(N3CCN(C(=O)C(C#N)=CC4CC4)[C@@H](CC#N)C3)n1)CCN(c1cccc3cccc(Cl)c13)C2. The smallest absolute Gasteiger partial charge is 0.318 e. The Labute approximate surface area is 352 Å². The van der Waals surface area contributed by atoms with E-state index >= 15 is 0 Å². The van der Waals surface area contributed by atoms with Crippen molar-refractivity contribution >= 4 is 45.8 Å². The zero-order chi connectivity index (χ0) is 41.5. The molecule has 0 spiro atoms. The molecule has 2 saturated heterocycles. The van der Waals surface area contributed by atoms with Gasteiger partial charge in [0, 0.05) is 62.0 Å². The van der Waals surface area contributed by atoms with Gasteiger partial charge in [-0.15, -0.1) is 0 Å². The summed E-state index contributed by atoms with van der Waals surface area (Å²) in [6, 6.07) is 16.7. The molecule has 7 rings (SSSR count). The molecule has 1 saturated carbocycles. The minimum Gasteiger partial charge on any atom is -0.462 e. The molecule has 13 nitrogen and oxygen atoms in total. The van der Waals surface area contributed by atoms with E-state index < -0.39 is 11.6 Å². The topological polar surface area (TPSA) is 148 Å². The third kappa shape index (κ3) is 10.6. The minimum absolute atomic E-state index is 0.142. The Bertz CT molecular complexity index is 2120. The number of fused-ring (bicyclic) bond motifs is 2. The highest BCUT2D eigenvalue weighted by Crippen LogP contribution is 2.38. The summed E-state index contributed by atoms with van der Waals surface area (Å²) < 4.78 is 17.6. The van der Waals surface area contributed by atoms with Crippen LogP contribution in [0.5, 0.6) is 6.01 Å². The lowest BCUT2D eigenvalue weighted by atomic mass is 10.0. The van der Waals surface area contributed by atoms with Crippen LogP contribution in [0.15, 0.2) is 48.0 Å². The van der Waals surface area contributed by atoms with E-state index in [9.17, 15) is 20.1 Å². The van der Waals surface area contributed by atoms with Crippen molar-refractivity contribution in [1.82, 2.24) is 19.8 Å². The molecule has 3 fully saturated rings. The molecule has 4 aliphatic rings. The van der Waals surface area contributed by atoms with Gasteiger partial charge >= 0.3 is 12.0 Å². The van der Waals surface area contributed by atoms with Crippen LogP contribution in [0.2, 0.25) is 5.02 Å². The van der Waals surface area contributed by atoms with Crippen molar-refractivity contribution in [3.8, 4) is 18.1 Å². The number of hydrogen-bond acceptors (Lipinski definition) is 12. The van der Waals surface area contributed by atoms with E-state index in [4.69, 9.17) is 35.8 Å². The molecule has 14 heteroatoms. The number of likely N-dealkylation sites (tertiary alicyclic amines) is 1. The number of esters is 1. The summed E-state index contributed by atoms with van der Waals surface area (Å²) in [7, 11) is 0. The summed E-state index contributed by atoms with van der Waals surface area (Å²) in [5.74, 6) is 0.507. The van der Waals surface area contributed by atoms with Crippen molar-refractivity contribution in [2.45, 2.75) is 96.4 Å². The van der Waals surface area contributed by atoms with Gasteiger partial charge in [0.15, 0.2) is 0 Å². The van der Waals surface area contributed by atoms with Crippen LogP contribution >= 0.6 is 11.6 Å². The second-order valence-corrected chi connectivity index (χ2v) is 17.4. The van der Waals surface area contributed by atoms with Crippen molar-refractivity contribution < 1.29 is 23.8 Å². The number of anilines is 2. The van der Waals surface area contributed by atoms with Crippen LogP contribution in [0.25, 0.3) is 10.8 Å². The van der Waals surface area contributed by atoms with Crippen molar-refractivity contribution in [2.75, 3.05) is 68.9 Å². The van der Waals surface area contributed by atoms with Crippen LogP contribution in [-0.2, 0) is 32.0 Å². The molecule has 2 atom stereocenters. The average molecular weight is 823 g/mol. The number of amides is 1. The number of nitrogens with zero attached hydrogens (tertiary/aromatic N) is 8. The van der Waals surface area contributed by atoms with Crippen LogP contribution in [0.3, 0.4) is 0 Å². The minimum atomic E-state index is -0.503. The molecule has 0 bridgehead atoms. The Hall–Kier alpha value is -4.95. The quantitative estimate of drug-likeness (QED) is 0.0703. The number of nitriles is 2. The summed E-state index contributed by atoms with van der Waals surface area (Å²) in [5.41, 5.74) is 2.62. The molecule has 0 unspecified atom stereocenters. The largest absolute Gasteiger partial charge is 0.462 e. The van der Waals surface area contributed by atoms with E-state index in [1.165, 1.54) is 0 Å². The number of hydrogen-bond donors (Lipinski definition) is 0. The highest BCUT2D eigenvalue weighted by molar-refractivity contribution is 6.36. The summed E-state index contributed by atoms with van der Waals surface area (Å²) in [4.78, 5) is 44.4. The van der Waals surface area contributed by atoms with Crippen molar-refractivity contribution in [3.63, 3.8) is 0 Å². The fourth-order valence-corrected chi connectivity index (χ4v) is 8.71. The second-order valence-electron chi connectivity index (χ2n) is 17.0. The summed E-state index contributed by atoms with van der Waals surface area (Å²) >= 11 is 6.78. The Balaban J connectivity index is 1.07. The van der Waals surface area contributed by atoms with Crippen molar-refractivity contribution in [3.05, 3.63) is 64.3 Å². The maximum Gasteiger partial charge on any atom is 0.318 e. The van der Waals surface area contributed by atoms with E-state index in [-0.39, 0.29) is 42.3 Å². The lowest BCUT2D eigenvalue weighted by Crippen LogP contribution is -2.56. The van der Waals surface area contributed by atoms with Crippen LogP contribution in [0.4, 0.5) is 11.5 Å². The molecule has 0 N–H and O–H groups in total. The molecule has 1 aromatic heterocycles. The predicted octanol–water partition coefficient (Wildman–Crippen LogP) is 6.62. The highest BCUT2D eigenvalue weighted by Gasteiger charge is 2.36. The Morgan fingerprint density at radius 2 is 1.80 bits per heavy atom. The third-order valence-corrected chi connectivity index (χ3v) is 11.8. The summed E-state index contributed by atoms with van der Waals surface area (Å²) in [6.07, 6.45) is 7.76. The fraction of sp³-hybridized carbons (Fsp3) is 0.556. The second kappa shape index (κ2) is 19.0. The zero-order valence-corrected chi connectivity index (χ0v) is 35.3. The standard InChI is InChI=1S/C45H55ClN8O5/c1-45(2,3)59-40(55)17-25-57-24-7-20-51-19-6-10-35(51)30-58-44-49-38-29-52(39-12-5-9-32-8-4-11-37(46)41(32)39)21-16-36(38)42(50-44)53-22-23-54(34(28-53)15-18-47)43(56)33(27-48)26-31-13-14-31/h4-5,8-9,11-12,26,31,34-35H,6-7,10,13-17,19-25,28-30H2,1-3H3/t34-,35-/m0/s1. The molecule has 1 aliphatic carbocycles. The monoisotopic (exact) mass is 822 g/mol. The van der Waals surface area contributed by atoms with Crippen LogP contribution < -0.4 is 14.5 Å². The first-order valence-corrected chi connectivity index (χ1v) is 21.4. The molecule has 2 aromatic carbocycles. The van der Waals surface area contributed by atoms with Gasteiger partial charge in [-0.1, -0.05) is 41.9 Å². The molecule has 312 valence electrons. The van der Waals surface area contributed by atoms with Gasteiger partial charge in [0.25, 0.3) is 5.91 Å². The van der Waals surface area contributed by atoms with Gasteiger partial charge in [-0.25, -0.2) is 0 Å². The number of benzene rings is 2. The number of piperazine rings is 1. The predicted molar refractivity (Wildman–Crippen MR) is 226 cm³/mol. The molecular weight excluding hydrogens is 768 g/mol. The first-order valence-electron chi connectivity index (χ1n) is 21.0. The van der Waals surface area contributed by atoms with Gasteiger partial charge in [-0.05, 0) is 89.3 Å². The lowest BCUT2D eigenvalue weighted by Gasteiger charge is -2.42. The van der Waals surface area contributed by atoms with E-state index in [1.54, 1.807) is 11.0 Å². The number of allylic oxidation sites excluding steroid dienone is 1. The van der Waals surface area contributed by atoms with Crippen LogP contribution in [0, 0.1) is 28.6 Å². The van der Waals surface area contributed by atoms with Gasteiger partial charge < -0.3 is 28.9 Å². The van der Waals surface area contributed by atoms with E-state index in [2.05, 4.69) is 51.1 Å². The first kappa shape index (κ1) is 42.2. The molecule has 59 heavy (non-hydrogen) atoms. The summed E-state index contributed by atoms with van der Waals surface area (Å²) in [5, 5.41) is 22.5. The highest BCUT2D eigenvalue weighted by atomic mass is 35.5. The van der Waals surface area contributed by atoms with Crippen molar-refractivity contribution in [2.24, 2.45) is 5.92 Å². The Morgan fingerprint density at radius 3 is 2.56 bits per heavy atom. The van der Waals surface area contributed by atoms with Crippen LogP contribution in [0.1, 0.15) is 77.0 Å². The Kier molecular flexibility index (Phi) is 13.6. The number of halogens is 1. The molecule has 0 radical (unpaired) electrons. The molecule has 4 heterocycles. The van der Waals surface area contributed by atoms with Gasteiger partial charge in [-0.2, -0.15) is 20.5 Å². The van der Waals surface area contributed by atoms with E-state index in [0.717, 1.165) is 85.3 Å². The number of rotatable bonds is 15. The molecule has 1 amide bonds. The van der Waals surface area contributed by atoms with E-state index in [0.29, 0.717) is 63.5 Å². The molecule has 3 aliphatic heterocycles. The number of carbonyl (C=O) groups is 2. The van der Waals surface area contributed by atoms with Gasteiger partial charge in [0.05, 0.1) is 48.8 Å². The average Bonchev–Trinajstić information content (AvgIpc) is 3.93. The maximum atomic E-state index is 13.6. The third-order valence-electron chi connectivity index (χ3n) is 11.4. The van der Waals surface area contributed by atoms with Gasteiger partial charge in [0.2, 0.25) is 0 Å². The fourth-order valence-electron chi connectivity index (χ4n) is 8.43. The Morgan fingerprint density at radius 1 is 0.983 bits per heavy atom. The van der Waals surface area contributed by atoms with Gasteiger partial charge in [0.1, 0.15) is 29.7 Å².